The third-order valence-electron chi connectivity index (χ3n) is 3.89. The second kappa shape index (κ2) is 5.16. The third-order valence-corrected chi connectivity index (χ3v) is 3.89. The number of hydrogen-bond donors (Lipinski definition) is 0. The van der Waals surface area contributed by atoms with Crippen molar-refractivity contribution in [3.63, 3.8) is 0 Å². The third kappa shape index (κ3) is 2.05. The molecule has 5 heteroatoms. The van der Waals surface area contributed by atoms with Gasteiger partial charge in [-0.25, -0.2) is 4.98 Å². The lowest BCUT2D eigenvalue weighted by Gasteiger charge is -2.19. The van der Waals surface area contributed by atoms with Gasteiger partial charge in [-0.2, -0.15) is 0 Å². The number of carbonyl (C=O) groups is 1. The van der Waals surface area contributed by atoms with Crippen LogP contribution in [-0.4, -0.2) is 30.0 Å². The molecule has 0 N–H and O–H groups in total. The van der Waals surface area contributed by atoms with Crippen molar-refractivity contribution in [2.24, 2.45) is 0 Å². The number of carbonyl (C=O) groups excluding carboxylic acids is 1. The van der Waals surface area contributed by atoms with Crippen LogP contribution >= 0.6 is 0 Å². The van der Waals surface area contributed by atoms with Crippen LogP contribution < -0.4 is 9.64 Å². The van der Waals surface area contributed by atoms with Gasteiger partial charge in [0.15, 0.2) is 0 Å². The quantitative estimate of drug-likeness (QED) is 0.850. The maximum absolute atomic E-state index is 12.6. The summed E-state index contributed by atoms with van der Waals surface area (Å²) in [5.74, 6) is 0.481. The lowest BCUT2D eigenvalue weighted by molar-refractivity contribution is 0.0992. The molecule has 0 aromatic carbocycles. The van der Waals surface area contributed by atoms with E-state index in [9.17, 15) is 4.79 Å². The predicted octanol–water partition coefficient (Wildman–Crippen LogP) is 2.62. The van der Waals surface area contributed by atoms with Crippen LogP contribution in [0.3, 0.4) is 0 Å². The van der Waals surface area contributed by atoms with E-state index in [0.29, 0.717) is 11.4 Å². The van der Waals surface area contributed by atoms with Crippen molar-refractivity contribution in [1.29, 1.82) is 0 Å². The van der Waals surface area contributed by atoms with Gasteiger partial charge in [-0.05, 0) is 24.6 Å². The normalized spacial score (nSPS) is 17.0. The molecule has 1 atom stereocenters. The zero-order valence-corrected chi connectivity index (χ0v) is 12.3. The number of aromatic nitrogens is 2. The van der Waals surface area contributed by atoms with E-state index in [2.05, 4.69) is 16.9 Å². The van der Waals surface area contributed by atoms with E-state index in [-0.39, 0.29) is 11.8 Å². The number of pyridine rings is 2. The van der Waals surface area contributed by atoms with Crippen molar-refractivity contribution in [2.45, 2.75) is 19.3 Å². The van der Waals surface area contributed by atoms with Gasteiger partial charge in [-0.3, -0.25) is 9.78 Å². The Morgan fingerprint density at radius 1 is 1.29 bits per heavy atom. The first-order valence-corrected chi connectivity index (χ1v) is 6.95. The first-order chi connectivity index (χ1) is 10.2. The van der Waals surface area contributed by atoms with Crippen molar-refractivity contribution in [3.8, 4) is 5.88 Å². The van der Waals surface area contributed by atoms with Gasteiger partial charge in [0.2, 0.25) is 5.88 Å². The fraction of sp³-hybridized carbons (Fsp3) is 0.312. The number of hydrogen-bond acceptors (Lipinski definition) is 4. The zero-order valence-electron chi connectivity index (χ0n) is 12.3. The molecule has 5 nitrogen and oxygen atoms in total. The van der Waals surface area contributed by atoms with Crippen LogP contribution in [-0.2, 0) is 0 Å². The number of rotatable bonds is 2. The summed E-state index contributed by atoms with van der Waals surface area (Å²) in [7, 11) is 3.36. The predicted molar refractivity (Wildman–Crippen MR) is 79.9 cm³/mol. The molecule has 0 radical (unpaired) electrons. The highest BCUT2D eigenvalue weighted by Crippen LogP contribution is 2.38. The Bertz CT molecular complexity index is 700. The molecule has 1 aliphatic heterocycles. The Balaban J connectivity index is 2.29. The van der Waals surface area contributed by atoms with Gasteiger partial charge < -0.3 is 9.64 Å². The van der Waals surface area contributed by atoms with E-state index in [1.165, 1.54) is 0 Å². The molecule has 0 bridgehead atoms. The zero-order chi connectivity index (χ0) is 15.0. The average molecular weight is 283 g/mol. The van der Waals surface area contributed by atoms with Crippen molar-refractivity contribution in [1.82, 2.24) is 9.97 Å². The fourth-order valence-electron chi connectivity index (χ4n) is 2.78. The molecule has 0 fully saturated rings. The molecule has 1 amide bonds. The highest BCUT2D eigenvalue weighted by atomic mass is 16.5. The van der Waals surface area contributed by atoms with Gasteiger partial charge in [0, 0.05) is 25.2 Å². The standard InChI is InChI=1S/C16H17N3O2/c1-4-10-14-11(6-5-9-17-14)16(20)19(2)12-7-8-13(21-3)18-15(10)12/h5-10H,4H2,1-3H3. The molecule has 1 unspecified atom stereocenters. The molecule has 1 aliphatic rings. The summed E-state index contributed by atoms with van der Waals surface area (Å²) in [5.41, 5.74) is 3.08. The van der Waals surface area contributed by atoms with Gasteiger partial charge in [0.1, 0.15) is 0 Å². The maximum atomic E-state index is 12.6. The summed E-state index contributed by atoms with van der Waals surface area (Å²) >= 11 is 0. The molecule has 2 aromatic heterocycles. The van der Waals surface area contributed by atoms with E-state index in [4.69, 9.17) is 4.74 Å². The minimum Gasteiger partial charge on any atom is -0.481 e. The summed E-state index contributed by atoms with van der Waals surface area (Å²) in [4.78, 5) is 23.3. The number of ether oxygens (including phenoxy) is 1. The summed E-state index contributed by atoms with van der Waals surface area (Å²) in [6, 6.07) is 7.28. The van der Waals surface area contributed by atoms with Gasteiger partial charge in [0.25, 0.3) is 5.91 Å². The second-order valence-corrected chi connectivity index (χ2v) is 5.02. The molecule has 0 spiro atoms. The topological polar surface area (TPSA) is 55.3 Å². The Labute approximate surface area is 123 Å². The van der Waals surface area contributed by atoms with Gasteiger partial charge >= 0.3 is 0 Å². The Morgan fingerprint density at radius 2 is 2.10 bits per heavy atom. The van der Waals surface area contributed by atoms with Gasteiger partial charge in [-0.15, -0.1) is 0 Å². The lowest BCUT2D eigenvalue weighted by Crippen LogP contribution is -2.26. The lowest BCUT2D eigenvalue weighted by atomic mass is 9.94. The van der Waals surface area contributed by atoms with Crippen molar-refractivity contribution in [3.05, 3.63) is 47.4 Å². The molecule has 21 heavy (non-hydrogen) atoms. The van der Waals surface area contributed by atoms with Crippen LogP contribution in [0.4, 0.5) is 5.69 Å². The molecule has 3 rings (SSSR count). The Kier molecular flexibility index (Phi) is 3.33. The first kappa shape index (κ1) is 13.5. The maximum Gasteiger partial charge on any atom is 0.259 e. The average Bonchev–Trinajstić information content (AvgIpc) is 2.62. The molecular formula is C16H17N3O2. The van der Waals surface area contributed by atoms with E-state index in [1.807, 2.05) is 12.1 Å². The van der Waals surface area contributed by atoms with E-state index in [0.717, 1.165) is 23.5 Å². The van der Waals surface area contributed by atoms with Gasteiger partial charge in [0.05, 0.1) is 29.7 Å². The fourth-order valence-corrected chi connectivity index (χ4v) is 2.78. The van der Waals surface area contributed by atoms with Crippen LogP contribution in [0.25, 0.3) is 0 Å². The van der Waals surface area contributed by atoms with Crippen molar-refractivity contribution < 1.29 is 9.53 Å². The molecule has 0 aliphatic carbocycles. The highest BCUT2D eigenvalue weighted by molar-refractivity contribution is 6.08. The number of methoxy groups -OCH3 is 1. The Morgan fingerprint density at radius 3 is 2.81 bits per heavy atom. The van der Waals surface area contributed by atoms with Crippen molar-refractivity contribution >= 4 is 11.6 Å². The molecule has 108 valence electrons. The van der Waals surface area contributed by atoms with Crippen LogP contribution in [0, 0.1) is 0 Å². The van der Waals surface area contributed by atoms with Crippen molar-refractivity contribution in [2.75, 3.05) is 19.1 Å². The monoisotopic (exact) mass is 283 g/mol. The van der Waals surface area contributed by atoms with Crippen LogP contribution in [0.2, 0.25) is 0 Å². The SMILES string of the molecule is CCC1c2ncccc2C(=O)N(C)c2ccc(OC)nc21. The van der Waals surface area contributed by atoms with Crippen LogP contribution in [0.5, 0.6) is 5.88 Å². The summed E-state index contributed by atoms with van der Waals surface area (Å²) < 4.78 is 5.23. The molecule has 2 aromatic rings. The number of amides is 1. The van der Waals surface area contributed by atoms with E-state index in [1.54, 1.807) is 37.4 Å². The van der Waals surface area contributed by atoms with Gasteiger partial charge in [-0.1, -0.05) is 6.92 Å². The molecule has 3 heterocycles. The van der Waals surface area contributed by atoms with Crippen LogP contribution in [0.1, 0.15) is 41.0 Å². The largest absolute Gasteiger partial charge is 0.481 e. The summed E-state index contributed by atoms with van der Waals surface area (Å²) in [6.45, 7) is 2.07. The second-order valence-electron chi connectivity index (χ2n) is 5.02. The molecule has 0 saturated carbocycles. The van der Waals surface area contributed by atoms with Crippen LogP contribution in [0.15, 0.2) is 30.5 Å². The smallest absolute Gasteiger partial charge is 0.259 e. The Hall–Kier alpha value is -2.43. The summed E-state index contributed by atoms with van der Waals surface area (Å²) in [6.07, 6.45) is 2.54. The number of nitrogens with zero attached hydrogens (tertiary/aromatic N) is 3. The van der Waals surface area contributed by atoms with E-state index >= 15 is 0 Å². The first-order valence-electron chi connectivity index (χ1n) is 6.95. The number of anilines is 1. The molecule has 0 saturated heterocycles. The van der Waals surface area contributed by atoms with E-state index < -0.39 is 0 Å². The molecular weight excluding hydrogens is 266 g/mol. The summed E-state index contributed by atoms with van der Waals surface area (Å²) in [5, 5.41) is 0. The minimum absolute atomic E-state index is 0.0137. The minimum atomic E-state index is -0.0535. The number of fused-ring (bicyclic) bond motifs is 2. The highest BCUT2D eigenvalue weighted by Gasteiger charge is 2.32.